The zero-order valence-electron chi connectivity index (χ0n) is 19.1. The molecule has 1 atom stereocenters. The van der Waals surface area contributed by atoms with Gasteiger partial charge in [0.15, 0.2) is 0 Å². The average molecular weight is 451 g/mol. The van der Waals surface area contributed by atoms with Gasteiger partial charge in [0.25, 0.3) is 5.91 Å². The first-order valence-corrected chi connectivity index (χ1v) is 11.2. The highest BCUT2D eigenvalue weighted by molar-refractivity contribution is 6.03. The Morgan fingerprint density at radius 2 is 1.79 bits per heavy atom. The predicted molar refractivity (Wildman–Crippen MR) is 125 cm³/mol. The van der Waals surface area contributed by atoms with Crippen LogP contribution in [0.3, 0.4) is 0 Å². The summed E-state index contributed by atoms with van der Waals surface area (Å²) in [5, 5.41) is 6.34. The van der Waals surface area contributed by atoms with Crippen molar-refractivity contribution in [1.82, 2.24) is 9.91 Å². The molecule has 2 aromatic rings. The van der Waals surface area contributed by atoms with Crippen LogP contribution in [0.5, 0.6) is 11.5 Å². The van der Waals surface area contributed by atoms with E-state index >= 15 is 0 Å². The second-order valence-corrected chi connectivity index (χ2v) is 8.43. The standard InChI is InChI=1S/C25H30N4O4/c1-32-19-8-9-23(33-2)20(14-19)22-15-21(17-6-4-3-5-7-17)27-29(22)24(30)16-28-12-10-18(11-13-28)25(26)31/h3-9,14,18,22H,10-13,15-16H2,1-2H3,(H2,26,31). The van der Waals surface area contributed by atoms with Gasteiger partial charge in [-0.25, -0.2) is 5.01 Å². The zero-order valence-corrected chi connectivity index (χ0v) is 19.1. The van der Waals surface area contributed by atoms with Crippen LogP contribution in [0.1, 0.15) is 36.4 Å². The molecule has 2 N–H and O–H groups in total. The second kappa shape index (κ2) is 10.0. The van der Waals surface area contributed by atoms with Crippen LogP contribution >= 0.6 is 0 Å². The van der Waals surface area contributed by atoms with E-state index in [-0.39, 0.29) is 30.3 Å². The Bertz CT molecular complexity index is 1030. The van der Waals surface area contributed by atoms with Crippen LogP contribution < -0.4 is 15.2 Å². The summed E-state index contributed by atoms with van der Waals surface area (Å²) < 4.78 is 11.0. The summed E-state index contributed by atoms with van der Waals surface area (Å²) in [7, 11) is 3.24. The molecule has 1 fully saturated rings. The van der Waals surface area contributed by atoms with Gasteiger partial charge in [0.2, 0.25) is 5.91 Å². The number of carbonyl (C=O) groups excluding carboxylic acids is 2. The van der Waals surface area contributed by atoms with Crippen LogP contribution in [0.2, 0.25) is 0 Å². The number of rotatable bonds is 7. The number of nitrogens with two attached hydrogens (primary N) is 1. The number of hydrazone groups is 1. The largest absolute Gasteiger partial charge is 0.497 e. The molecule has 0 aromatic heterocycles. The molecule has 0 spiro atoms. The van der Waals surface area contributed by atoms with Crippen molar-refractivity contribution in [3.63, 3.8) is 0 Å². The molecule has 8 heteroatoms. The number of methoxy groups -OCH3 is 2. The number of benzene rings is 2. The average Bonchev–Trinajstić information content (AvgIpc) is 3.30. The summed E-state index contributed by atoms with van der Waals surface area (Å²) in [5.41, 5.74) is 8.14. The SMILES string of the molecule is COc1ccc(OC)c(C2CC(c3ccccc3)=NN2C(=O)CN2CCC(C(N)=O)CC2)c1. The van der Waals surface area contributed by atoms with Crippen molar-refractivity contribution < 1.29 is 19.1 Å². The quantitative estimate of drug-likeness (QED) is 0.699. The highest BCUT2D eigenvalue weighted by Crippen LogP contribution is 2.39. The Kier molecular flexibility index (Phi) is 6.93. The molecular formula is C25H30N4O4. The van der Waals surface area contributed by atoms with Crippen LogP contribution in [0, 0.1) is 5.92 Å². The maximum atomic E-state index is 13.5. The summed E-state index contributed by atoms with van der Waals surface area (Å²) in [5.74, 6) is 0.918. The predicted octanol–water partition coefficient (Wildman–Crippen LogP) is 2.58. The van der Waals surface area contributed by atoms with E-state index in [2.05, 4.69) is 4.90 Å². The van der Waals surface area contributed by atoms with Gasteiger partial charge >= 0.3 is 0 Å². The first kappa shape index (κ1) is 22.8. The van der Waals surface area contributed by atoms with E-state index in [1.54, 1.807) is 19.2 Å². The Labute approximate surface area is 193 Å². The molecule has 2 aromatic carbocycles. The van der Waals surface area contributed by atoms with E-state index in [9.17, 15) is 9.59 Å². The first-order chi connectivity index (χ1) is 16.0. The summed E-state index contributed by atoms with van der Waals surface area (Å²) in [6, 6.07) is 15.2. The van der Waals surface area contributed by atoms with Gasteiger partial charge in [-0.1, -0.05) is 30.3 Å². The summed E-state index contributed by atoms with van der Waals surface area (Å²) >= 11 is 0. The molecule has 8 nitrogen and oxygen atoms in total. The smallest absolute Gasteiger partial charge is 0.257 e. The number of primary amides is 1. The van der Waals surface area contributed by atoms with E-state index in [1.807, 2.05) is 48.5 Å². The highest BCUT2D eigenvalue weighted by atomic mass is 16.5. The number of hydrogen-bond acceptors (Lipinski definition) is 6. The molecule has 33 heavy (non-hydrogen) atoms. The van der Waals surface area contributed by atoms with Crippen LogP contribution in [-0.4, -0.2) is 61.3 Å². The summed E-state index contributed by atoms with van der Waals surface area (Å²) in [6.07, 6.45) is 1.92. The third kappa shape index (κ3) is 5.01. The summed E-state index contributed by atoms with van der Waals surface area (Å²) in [6.45, 7) is 1.56. The zero-order chi connectivity index (χ0) is 23.4. The maximum Gasteiger partial charge on any atom is 0.257 e. The number of likely N-dealkylation sites (tertiary alicyclic amines) is 1. The van der Waals surface area contributed by atoms with Crippen LogP contribution in [0.4, 0.5) is 0 Å². The van der Waals surface area contributed by atoms with Gasteiger partial charge in [0.1, 0.15) is 11.5 Å². The third-order valence-electron chi connectivity index (χ3n) is 6.42. The van der Waals surface area contributed by atoms with Crippen molar-refractivity contribution in [1.29, 1.82) is 0 Å². The summed E-state index contributed by atoms with van der Waals surface area (Å²) in [4.78, 5) is 27.0. The van der Waals surface area contributed by atoms with E-state index in [4.69, 9.17) is 20.3 Å². The van der Waals surface area contributed by atoms with Gasteiger partial charge in [0.05, 0.1) is 32.5 Å². The monoisotopic (exact) mass is 450 g/mol. The fourth-order valence-corrected chi connectivity index (χ4v) is 4.53. The molecule has 2 aliphatic rings. The Hall–Kier alpha value is -3.39. The number of ether oxygens (including phenoxy) is 2. The van der Waals surface area contributed by atoms with E-state index < -0.39 is 0 Å². The van der Waals surface area contributed by atoms with Crippen LogP contribution in [0.15, 0.2) is 53.6 Å². The Morgan fingerprint density at radius 3 is 2.42 bits per heavy atom. The Morgan fingerprint density at radius 1 is 1.06 bits per heavy atom. The molecular weight excluding hydrogens is 420 g/mol. The van der Waals surface area contributed by atoms with Gasteiger partial charge in [-0.05, 0) is 49.7 Å². The molecule has 2 aliphatic heterocycles. The molecule has 0 radical (unpaired) electrons. The van der Waals surface area contributed by atoms with Crippen molar-refractivity contribution in [3.8, 4) is 11.5 Å². The molecule has 0 bridgehead atoms. The molecule has 174 valence electrons. The number of amides is 2. The van der Waals surface area contributed by atoms with E-state index in [0.717, 1.165) is 16.8 Å². The number of carbonyl (C=O) groups is 2. The van der Waals surface area contributed by atoms with Crippen molar-refractivity contribution in [2.45, 2.75) is 25.3 Å². The lowest BCUT2D eigenvalue weighted by Crippen LogP contribution is -2.44. The van der Waals surface area contributed by atoms with Gasteiger partial charge in [-0.3, -0.25) is 14.5 Å². The maximum absolute atomic E-state index is 13.5. The van der Waals surface area contributed by atoms with Crippen molar-refractivity contribution in [2.75, 3.05) is 33.9 Å². The fraction of sp³-hybridized carbons (Fsp3) is 0.400. The molecule has 4 rings (SSSR count). The van der Waals surface area contributed by atoms with Crippen molar-refractivity contribution in [2.24, 2.45) is 16.8 Å². The van der Waals surface area contributed by atoms with Gasteiger partial charge in [-0.2, -0.15) is 5.10 Å². The van der Waals surface area contributed by atoms with Gasteiger partial charge < -0.3 is 15.2 Å². The highest BCUT2D eigenvalue weighted by Gasteiger charge is 2.36. The molecule has 1 saturated heterocycles. The third-order valence-corrected chi connectivity index (χ3v) is 6.42. The fourth-order valence-electron chi connectivity index (χ4n) is 4.53. The van der Waals surface area contributed by atoms with Crippen molar-refractivity contribution in [3.05, 3.63) is 59.7 Å². The van der Waals surface area contributed by atoms with Gasteiger partial charge in [-0.15, -0.1) is 0 Å². The first-order valence-electron chi connectivity index (χ1n) is 11.2. The van der Waals surface area contributed by atoms with Crippen LogP contribution in [-0.2, 0) is 9.59 Å². The number of nitrogens with zero attached hydrogens (tertiary/aromatic N) is 3. The molecule has 2 heterocycles. The van der Waals surface area contributed by atoms with Crippen molar-refractivity contribution >= 4 is 17.5 Å². The lowest BCUT2D eigenvalue weighted by atomic mass is 9.96. The topological polar surface area (TPSA) is 97.5 Å². The lowest BCUT2D eigenvalue weighted by Gasteiger charge is -2.31. The number of piperidine rings is 1. The second-order valence-electron chi connectivity index (χ2n) is 8.43. The molecule has 2 amide bonds. The lowest BCUT2D eigenvalue weighted by molar-refractivity contribution is -0.134. The minimum absolute atomic E-state index is 0.0895. The van der Waals surface area contributed by atoms with E-state index in [1.165, 1.54) is 0 Å². The normalized spacial score (nSPS) is 19.3. The van der Waals surface area contributed by atoms with E-state index in [0.29, 0.717) is 43.9 Å². The van der Waals surface area contributed by atoms with Gasteiger partial charge in [0, 0.05) is 17.9 Å². The molecule has 0 aliphatic carbocycles. The minimum Gasteiger partial charge on any atom is -0.497 e. The molecule has 1 unspecified atom stereocenters. The Balaban J connectivity index is 1.60. The van der Waals surface area contributed by atoms with Crippen LogP contribution in [0.25, 0.3) is 0 Å². The minimum atomic E-state index is -0.305. The molecule has 0 saturated carbocycles. The number of hydrogen-bond donors (Lipinski definition) is 1.